The van der Waals surface area contributed by atoms with Crippen LogP contribution in [-0.4, -0.2) is 22.2 Å². The highest BCUT2D eigenvalue weighted by molar-refractivity contribution is 5.74. The fraction of sp³-hybridized carbons (Fsp3) is 0.222. The number of benzene rings is 1. The van der Waals surface area contributed by atoms with E-state index in [0.717, 1.165) is 0 Å². The normalized spacial score (nSPS) is 12.4. The van der Waals surface area contributed by atoms with Crippen LogP contribution in [0.5, 0.6) is 5.75 Å². The van der Waals surface area contributed by atoms with Gasteiger partial charge in [0.2, 0.25) is 0 Å². The molecule has 6 N–H and O–H groups in total. The summed E-state index contributed by atoms with van der Waals surface area (Å²) in [6, 6.07) is 3.74. The van der Waals surface area contributed by atoms with Crippen LogP contribution >= 0.6 is 0 Å². The van der Waals surface area contributed by atoms with E-state index in [0.29, 0.717) is 5.56 Å². The van der Waals surface area contributed by atoms with Crippen molar-refractivity contribution < 1.29 is 15.0 Å². The number of phenols is 1. The Labute approximate surface area is 81.0 Å². The largest absolute Gasteiger partial charge is 0.506 e. The third-order valence-corrected chi connectivity index (χ3v) is 1.91. The Hall–Kier alpha value is -1.75. The SMILES string of the molecule is Nc1cccc(C[C@H](N)C(=O)O)c1O. The van der Waals surface area contributed by atoms with E-state index in [-0.39, 0.29) is 17.9 Å². The highest BCUT2D eigenvalue weighted by atomic mass is 16.4. The Kier molecular flexibility index (Phi) is 2.93. The summed E-state index contributed by atoms with van der Waals surface area (Å²) >= 11 is 0. The van der Waals surface area contributed by atoms with E-state index in [1.807, 2.05) is 0 Å². The van der Waals surface area contributed by atoms with Crippen molar-refractivity contribution >= 4 is 11.7 Å². The summed E-state index contributed by atoms with van der Waals surface area (Å²) in [5.74, 6) is -1.20. The van der Waals surface area contributed by atoms with Gasteiger partial charge in [-0.2, -0.15) is 0 Å². The van der Waals surface area contributed by atoms with Crippen molar-refractivity contribution in [2.45, 2.75) is 12.5 Å². The first-order valence-electron chi connectivity index (χ1n) is 4.07. The third-order valence-electron chi connectivity index (χ3n) is 1.91. The minimum absolute atomic E-state index is 0.0617. The number of nitrogens with two attached hydrogens (primary N) is 2. The smallest absolute Gasteiger partial charge is 0.320 e. The molecule has 14 heavy (non-hydrogen) atoms. The fourth-order valence-corrected chi connectivity index (χ4v) is 1.10. The quantitative estimate of drug-likeness (QED) is 0.399. The van der Waals surface area contributed by atoms with Crippen LogP contribution in [0.1, 0.15) is 5.56 Å². The van der Waals surface area contributed by atoms with Crippen molar-refractivity contribution in [3.8, 4) is 5.75 Å². The summed E-state index contributed by atoms with van der Waals surface area (Å²) in [6.45, 7) is 0. The van der Waals surface area contributed by atoms with Gasteiger partial charge in [-0.1, -0.05) is 12.1 Å². The van der Waals surface area contributed by atoms with Crippen LogP contribution in [0.25, 0.3) is 0 Å². The maximum absolute atomic E-state index is 10.5. The van der Waals surface area contributed by atoms with Crippen LogP contribution in [0.2, 0.25) is 0 Å². The summed E-state index contributed by atoms with van der Waals surface area (Å²) in [4.78, 5) is 10.5. The van der Waals surface area contributed by atoms with E-state index in [1.165, 1.54) is 6.07 Å². The standard InChI is InChI=1S/C9H12N2O3/c10-6-3-1-2-5(8(6)12)4-7(11)9(13)14/h1-3,7,12H,4,10-11H2,(H,13,14)/t7-/m0/s1. The van der Waals surface area contributed by atoms with E-state index >= 15 is 0 Å². The van der Waals surface area contributed by atoms with Crippen LogP contribution in [0, 0.1) is 0 Å². The molecule has 1 aromatic carbocycles. The second kappa shape index (κ2) is 3.97. The molecule has 0 aliphatic rings. The molecule has 0 aliphatic carbocycles. The Morgan fingerprint density at radius 1 is 1.50 bits per heavy atom. The van der Waals surface area contributed by atoms with Gasteiger partial charge in [-0.25, -0.2) is 0 Å². The molecular weight excluding hydrogens is 184 g/mol. The molecule has 0 saturated carbocycles. The van der Waals surface area contributed by atoms with Gasteiger partial charge < -0.3 is 21.7 Å². The lowest BCUT2D eigenvalue weighted by Gasteiger charge is -2.09. The van der Waals surface area contributed by atoms with E-state index in [4.69, 9.17) is 16.6 Å². The van der Waals surface area contributed by atoms with E-state index in [2.05, 4.69) is 0 Å². The molecule has 1 atom stereocenters. The number of carboxylic acid groups (broad SMARTS) is 1. The molecule has 0 radical (unpaired) electrons. The number of carboxylic acids is 1. The number of hydrogen-bond donors (Lipinski definition) is 4. The minimum Gasteiger partial charge on any atom is -0.506 e. The molecule has 0 aromatic heterocycles. The maximum Gasteiger partial charge on any atom is 0.320 e. The minimum atomic E-state index is -1.10. The monoisotopic (exact) mass is 196 g/mol. The molecule has 1 aromatic rings. The van der Waals surface area contributed by atoms with Gasteiger partial charge in [-0.05, 0) is 11.6 Å². The average Bonchev–Trinajstić information content (AvgIpc) is 2.12. The number of aromatic hydroxyl groups is 1. The van der Waals surface area contributed by atoms with Crippen LogP contribution < -0.4 is 11.5 Å². The summed E-state index contributed by atoms with van der Waals surface area (Å²) in [7, 11) is 0. The molecule has 0 spiro atoms. The molecule has 0 bridgehead atoms. The highest BCUT2D eigenvalue weighted by Crippen LogP contribution is 2.25. The lowest BCUT2D eigenvalue weighted by atomic mass is 10.0. The van der Waals surface area contributed by atoms with Gasteiger partial charge in [-0.15, -0.1) is 0 Å². The van der Waals surface area contributed by atoms with Gasteiger partial charge in [0.25, 0.3) is 0 Å². The Balaban J connectivity index is 2.87. The molecule has 0 fully saturated rings. The fourth-order valence-electron chi connectivity index (χ4n) is 1.10. The van der Waals surface area contributed by atoms with Crippen molar-refractivity contribution in [3.05, 3.63) is 23.8 Å². The molecule has 5 heteroatoms. The van der Waals surface area contributed by atoms with Crippen LogP contribution in [0.15, 0.2) is 18.2 Å². The second-order valence-corrected chi connectivity index (χ2v) is 3.00. The van der Waals surface area contributed by atoms with Gasteiger partial charge in [0, 0.05) is 6.42 Å². The Morgan fingerprint density at radius 2 is 2.14 bits per heavy atom. The maximum atomic E-state index is 10.5. The number of phenolic OH excluding ortho intramolecular Hbond substituents is 1. The van der Waals surface area contributed by atoms with Gasteiger partial charge in [-0.3, -0.25) is 4.79 Å². The van der Waals surface area contributed by atoms with Crippen molar-refractivity contribution in [1.29, 1.82) is 0 Å². The molecule has 0 amide bonds. The zero-order chi connectivity index (χ0) is 10.7. The van der Waals surface area contributed by atoms with E-state index < -0.39 is 12.0 Å². The number of para-hydroxylation sites is 1. The number of rotatable bonds is 3. The predicted molar refractivity (Wildman–Crippen MR) is 51.8 cm³/mol. The van der Waals surface area contributed by atoms with Crippen molar-refractivity contribution in [3.63, 3.8) is 0 Å². The molecule has 0 heterocycles. The molecule has 5 nitrogen and oxygen atoms in total. The first-order chi connectivity index (χ1) is 6.52. The van der Waals surface area contributed by atoms with Crippen LogP contribution in [-0.2, 0) is 11.2 Å². The van der Waals surface area contributed by atoms with Gasteiger partial charge in [0.05, 0.1) is 5.69 Å². The molecule has 0 saturated heterocycles. The average molecular weight is 196 g/mol. The van der Waals surface area contributed by atoms with Crippen LogP contribution in [0.4, 0.5) is 5.69 Å². The highest BCUT2D eigenvalue weighted by Gasteiger charge is 2.14. The topological polar surface area (TPSA) is 110 Å². The second-order valence-electron chi connectivity index (χ2n) is 3.00. The van der Waals surface area contributed by atoms with E-state index in [1.54, 1.807) is 12.1 Å². The molecule has 76 valence electrons. The molecule has 1 rings (SSSR count). The van der Waals surface area contributed by atoms with Crippen molar-refractivity contribution in [2.24, 2.45) is 5.73 Å². The summed E-state index contributed by atoms with van der Waals surface area (Å²) in [5, 5.41) is 18.0. The van der Waals surface area contributed by atoms with E-state index in [9.17, 15) is 9.90 Å². The number of carbonyl (C=O) groups is 1. The zero-order valence-corrected chi connectivity index (χ0v) is 7.47. The summed E-state index contributed by atoms with van der Waals surface area (Å²) in [6.07, 6.45) is 0.0617. The lowest BCUT2D eigenvalue weighted by Crippen LogP contribution is -2.32. The summed E-state index contributed by atoms with van der Waals surface area (Å²) in [5.41, 5.74) is 11.4. The van der Waals surface area contributed by atoms with Gasteiger partial charge in [0.15, 0.2) is 0 Å². The van der Waals surface area contributed by atoms with Crippen molar-refractivity contribution in [1.82, 2.24) is 0 Å². The lowest BCUT2D eigenvalue weighted by molar-refractivity contribution is -0.138. The Morgan fingerprint density at radius 3 is 2.71 bits per heavy atom. The number of nitrogen functional groups attached to an aromatic ring is 1. The number of anilines is 1. The molecular formula is C9H12N2O3. The Bertz CT molecular complexity index is 352. The number of hydrogen-bond acceptors (Lipinski definition) is 4. The number of aliphatic carboxylic acids is 1. The summed E-state index contributed by atoms with van der Waals surface area (Å²) < 4.78 is 0. The third kappa shape index (κ3) is 2.14. The van der Waals surface area contributed by atoms with Crippen molar-refractivity contribution in [2.75, 3.05) is 5.73 Å². The van der Waals surface area contributed by atoms with Crippen LogP contribution in [0.3, 0.4) is 0 Å². The first kappa shape index (κ1) is 10.3. The first-order valence-corrected chi connectivity index (χ1v) is 4.07. The van der Waals surface area contributed by atoms with Gasteiger partial charge >= 0.3 is 5.97 Å². The molecule has 0 aliphatic heterocycles. The molecule has 0 unspecified atom stereocenters. The zero-order valence-electron chi connectivity index (χ0n) is 7.47. The predicted octanol–water partition coefficient (Wildman–Crippen LogP) is -0.0712. The van der Waals surface area contributed by atoms with Gasteiger partial charge in [0.1, 0.15) is 11.8 Å².